The minimum absolute atomic E-state index is 0. The quantitative estimate of drug-likeness (QED) is 0.222. The molecule has 0 amide bonds. The summed E-state index contributed by atoms with van der Waals surface area (Å²) < 4.78 is 7.70. The summed E-state index contributed by atoms with van der Waals surface area (Å²) in [5.74, 6) is 0. The van der Waals surface area contributed by atoms with E-state index in [1.54, 1.807) is 0 Å². The Labute approximate surface area is 63.0 Å². The standard InChI is InChI=1S/C2N2O2S.Li.H/c3-1-5-7-6-2-4;;. The molecule has 8 heavy (non-hydrogen) atoms. The van der Waals surface area contributed by atoms with E-state index in [1.807, 2.05) is 0 Å². The monoisotopic (exact) mass is 124 g/mol. The molecule has 0 aliphatic rings. The second kappa shape index (κ2) is 9.73. The Kier molecular flexibility index (Phi) is 12.8. The van der Waals surface area contributed by atoms with Gasteiger partial charge in [-0.2, -0.15) is 0 Å². The third kappa shape index (κ3) is 9.11. The van der Waals surface area contributed by atoms with Crippen molar-refractivity contribution in [2.45, 2.75) is 0 Å². The van der Waals surface area contributed by atoms with Gasteiger partial charge in [0.25, 0.3) is 0 Å². The summed E-state index contributed by atoms with van der Waals surface area (Å²) in [6.45, 7) is 0. The molecule has 0 saturated heterocycles. The molecular weight excluding hydrogens is 123 g/mol. The molecule has 4 nitrogen and oxygen atoms in total. The van der Waals surface area contributed by atoms with E-state index in [-0.39, 0.29) is 18.9 Å². The predicted molar refractivity (Wildman–Crippen MR) is 28.1 cm³/mol. The van der Waals surface area contributed by atoms with Gasteiger partial charge in [-0.15, -0.1) is 10.5 Å². The van der Waals surface area contributed by atoms with Crippen LogP contribution in [0.15, 0.2) is 0 Å². The summed E-state index contributed by atoms with van der Waals surface area (Å²) in [6.07, 6.45) is 2.58. The number of nitrogens with zero attached hydrogens (tertiary/aromatic N) is 2. The predicted octanol–water partition coefficient (Wildman–Crippen LogP) is -0.104. The van der Waals surface area contributed by atoms with Gasteiger partial charge in [-0.3, -0.25) is 0 Å². The normalized spacial score (nSPS) is 4.75. The van der Waals surface area contributed by atoms with E-state index in [4.69, 9.17) is 10.5 Å². The van der Waals surface area contributed by atoms with Crippen molar-refractivity contribution < 1.29 is 8.37 Å². The average molecular weight is 124 g/mol. The van der Waals surface area contributed by atoms with Crippen LogP contribution >= 0.6 is 12.3 Å². The van der Waals surface area contributed by atoms with Gasteiger partial charge in [-0.25, -0.2) is 0 Å². The van der Waals surface area contributed by atoms with E-state index in [2.05, 4.69) is 8.37 Å². The molecule has 0 rings (SSSR count). The van der Waals surface area contributed by atoms with Crippen LogP contribution in [0, 0.1) is 23.0 Å². The molecule has 0 aromatic carbocycles. The van der Waals surface area contributed by atoms with Crippen LogP contribution in [0.4, 0.5) is 0 Å². The fourth-order valence-electron chi connectivity index (χ4n) is 0.0474. The van der Waals surface area contributed by atoms with Crippen molar-refractivity contribution in [2.75, 3.05) is 0 Å². The molecule has 0 saturated carbocycles. The third-order valence-electron chi connectivity index (χ3n) is 0.143. The molecule has 0 spiro atoms. The second-order valence-corrected chi connectivity index (χ2v) is 0.887. The Morgan fingerprint density at radius 3 is 1.75 bits per heavy atom. The molecule has 38 valence electrons. The zero-order valence-electron chi connectivity index (χ0n) is 3.12. The van der Waals surface area contributed by atoms with E-state index in [1.165, 1.54) is 12.5 Å². The van der Waals surface area contributed by atoms with Gasteiger partial charge in [-0.05, 0) is 0 Å². The molecule has 0 aromatic heterocycles. The van der Waals surface area contributed by atoms with Gasteiger partial charge < -0.3 is 8.37 Å². The molecular formula is C2HLiN2O2S. The van der Waals surface area contributed by atoms with Crippen LogP contribution in [0.3, 0.4) is 0 Å². The van der Waals surface area contributed by atoms with Crippen LogP contribution in [-0.4, -0.2) is 18.9 Å². The van der Waals surface area contributed by atoms with Crippen LogP contribution in [0.2, 0.25) is 0 Å². The Hall–Kier alpha value is -0.473. The van der Waals surface area contributed by atoms with Gasteiger partial charge in [0.05, 0.1) is 0 Å². The van der Waals surface area contributed by atoms with Crippen molar-refractivity contribution in [3.8, 4) is 12.5 Å². The van der Waals surface area contributed by atoms with E-state index in [0.717, 1.165) is 0 Å². The maximum absolute atomic E-state index is 7.61. The number of rotatable bonds is 2. The Morgan fingerprint density at radius 2 is 1.50 bits per heavy atom. The molecule has 0 unspecified atom stereocenters. The van der Waals surface area contributed by atoms with Crippen molar-refractivity contribution in [2.24, 2.45) is 0 Å². The van der Waals surface area contributed by atoms with Gasteiger partial charge in [0, 0.05) is 0 Å². The Bertz CT molecular complexity index is 102. The molecule has 0 aliphatic carbocycles. The summed E-state index contributed by atoms with van der Waals surface area (Å²) in [4.78, 5) is 0. The summed E-state index contributed by atoms with van der Waals surface area (Å²) >= 11 is 0.331. The molecule has 0 aliphatic heterocycles. The van der Waals surface area contributed by atoms with Crippen molar-refractivity contribution in [3.05, 3.63) is 0 Å². The van der Waals surface area contributed by atoms with Crippen LogP contribution in [0.25, 0.3) is 0 Å². The van der Waals surface area contributed by atoms with Gasteiger partial charge in [0.15, 0.2) is 0 Å². The second-order valence-electron chi connectivity index (χ2n) is 0.417. The fourth-order valence-corrected chi connectivity index (χ4v) is 0.142. The van der Waals surface area contributed by atoms with Gasteiger partial charge in [0.1, 0.15) is 0 Å². The molecule has 6 heteroatoms. The first-order valence-corrected chi connectivity index (χ1v) is 1.86. The van der Waals surface area contributed by atoms with Crippen molar-refractivity contribution in [1.82, 2.24) is 0 Å². The van der Waals surface area contributed by atoms with E-state index >= 15 is 0 Å². The number of hydrogen-bond donors (Lipinski definition) is 0. The van der Waals surface area contributed by atoms with Crippen molar-refractivity contribution in [1.29, 1.82) is 10.5 Å². The van der Waals surface area contributed by atoms with Gasteiger partial charge >= 0.3 is 43.7 Å². The summed E-state index contributed by atoms with van der Waals surface area (Å²) in [6, 6.07) is 0. The number of nitriles is 2. The van der Waals surface area contributed by atoms with Crippen LogP contribution in [-0.2, 0) is 8.37 Å². The molecule has 0 radical (unpaired) electrons. The summed E-state index contributed by atoms with van der Waals surface area (Å²) in [5.41, 5.74) is 0. The molecule has 0 aromatic rings. The first-order valence-electron chi connectivity index (χ1n) is 1.19. The number of hydrogen-bond acceptors (Lipinski definition) is 5. The zero-order chi connectivity index (χ0) is 5.54. The van der Waals surface area contributed by atoms with E-state index in [9.17, 15) is 0 Å². The van der Waals surface area contributed by atoms with Crippen molar-refractivity contribution in [3.63, 3.8) is 0 Å². The van der Waals surface area contributed by atoms with E-state index in [0.29, 0.717) is 12.3 Å². The first kappa shape index (κ1) is 10.5. The van der Waals surface area contributed by atoms with Crippen LogP contribution < -0.4 is 0 Å². The van der Waals surface area contributed by atoms with E-state index < -0.39 is 0 Å². The molecule has 0 atom stereocenters. The van der Waals surface area contributed by atoms with Gasteiger partial charge in [-0.1, -0.05) is 0 Å². The first-order chi connectivity index (χ1) is 3.41. The average Bonchev–Trinajstić information content (AvgIpc) is 1.69. The summed E-state index contributed by atoms with van der Waals surface area (Å²) in [7, 11) is 0. The molecule has 0 fully saturated rings. The zero-order valence-corrected chi connectivity index (χ0v) is 3.94. The Balaban J connectivity index is 0. The Morgan fingerprint density at radius 1 is 1.12 bits per heavy atom. The summed E-state index contributed by atoms with van der Waals surface area (Å²) in [5, 5.41) is 15.2. The van der Waals surface area contributed by atoms with Gasteiger partial charge in [0.2, 0.25) is 0 Å². The van der Waals surface area contributed by atoms with Crippen LogP contribution in [0.1, 0.15) is 0 Å². The molecule has 0 bridgehead atoms. The SMILES string of the molecule is N#COSOC#N.[LiH]. The fraction of sp³-hybridized carbons (Fsp3) is 0. The minimum atomic E-state index is 0. The molecule has 0 N–H and O–H groups in total. The third-order valence-corrected chi connectivity index (χ3v) is 0.428. The van der Waals surface area contributed by atoms with Crippen LogP contribution in [0.5, 0.6) is 0 Å². The maximum atomic E-state index is 7.61. The topological polar surface area (TPSA) is 66.0 Å². The molecule has 0 heterocycles. The van der Waals surface area contributed by atoms with Crippen molar-refractivity contribution >= 4 is 31.2 Å².